The van der Waals surface area contributed by atoms with Gasteiger partial charge < -0.3 is 42.6 Å². The smallest absolute Gasteiger partial charge is 0.337 e. The summed E-state index contributed by atoms with van der Waals surface area (Å²) in [6.07, 6.45) is -6.00. The molecule has 76 heavy (non-hydrogen) atoms. The van der Waals surface area contributed by atoms with E-state index in [9.17, 15) is 19.5 Å². The highest BCUT2D eigenvalue weighted by atomic mass is 79.9. The number of Topliss-reactive ketones (excluding diaryl/α,β-unsaturated/α-hetero) is 1. The van der Waals surface area contributed by atoms with Crippen molar-refractivity contribution < 1.29 is 61.3 Å². The number of ether oxygens (including phenoxy) is 4. The number of ketones is 1. The van der Waals surface area contributed by atoms with E-state index < -0.39 is 113 Å². The molecule has 2 bridgehead atoms. The zero-order valence-electron chi connectivity index (χ0n) is 48.7. The first-order valence-corrected chi connectivity index (χ1v) is 38.4. The van der Waals surface area contributed by atoms with Crippen molar-refractivity contribution in [3.05, 3.63) is 47.0 Å². The van der Waals surface area contributed by atoms with Gasteiger partial charge in [0.15, 0.2) is 42.4 Å². The van der Waals surface area contributed by atoms with Crippen molar-refractivity contribution in [1.82, 2.24) is 5.32 Å². The van der Waals surface area contributed by atoms with Gasteiger partial charge in [0.25, 0.3) is 0 Å². The van der Waals surface area contributed by atoms with E-state index in [2.05, 4.69) is 99.5 Å². The summed E-state index contributed by atoms with van der Waals surface area (Å²) in [7, 11) is -8.21. The van der Waals surface area contributed by atoms with E-state index in [0.29, 0.717) is 58.3 Å². The minimum absolute atomic E-state index is 0.0220. The van der Waals surface area contributed by atoms with E-state index in [1.54, 1.807) is 0 Å². The van der Waals surface area contributed by atoms with Crippen LogP contribution in [0.3, 0.4) is 0 Å². The Hall–Kier alpha value is -2.08. The molecule has 5 rings (SSSR count). The van der Waals surface area contributed by atoms with Crippen molar-refractivity contribution in [3.63, 3.8) is 0 Å². The number of amides is 1. The quantitative estimate of drug-likeness (QED) is 0.0310. The molecular formula is C57H93Br2NO13Si3. The van der Waals surface area contributed by atoms with Crippen LogP contribution in [0, 0.1) is 16.7 Å². The lowest BCUT2D eigenvalue weighted by molar-refractivity contribution is -0.346. The molecule has 0 aromatic heterocycles. The maximum absolute atomic E-state index is 17.1. The van der Waals surface area contributed by atoms with Gasteiger partial charge in [-0.3, -0.25) is 19.2 Å². The van der Waals surface area contributed by atoms with Crippen molar-refractivity contribution in [3.8, 4) is 0 Å². The lowest BCUT2D eigenvalue weighted by atomic mass is 9.44. The fourth-order valence-corrected chi connectivity index (χ4v) is 20.1. The number of nitrogens with one attached hydrogen (secondary N) is 1. The molecular weight excluding hydrogens is 1150 g/mol. The molecule has 19 heteroatoms. The number of esters is 3. The van der Waals surface area contributed by atoms with Gasteiger partial charge in [0, 0.05) is 48.7 Å². The number of fused-ring (bicyclic) bond motifs is 5. The van der Waals surface area contributed by atoms with Crippen LogP contribution >= 0.6 is 31.9 Å². The first-order chi connectivity index (χ1) is 35.5. The Morgan fingerprint density at radius 3 is 1.91 bits per heavy atom. The summed E-state index contributed by atoms with van der Waals surface area (Å²) < 4.78 is 49.0. The van der Waals surface area contributed by atoms with Gasteiger partial charge in [0.2, 0.25) is 5.91 Å². The highest BCUT2D eigenvalue weighted by Gasteiger charge is 2.79. The third kappa shape index (κ3) is 12.4. The second kappa shape index (κ2) is 25.4. The zero-order chi connectivity index (χ0) is 57.0. The van der Waals surface area contributed by atoms with E-state index in [1.807, 2.05) is 71.1 Å². The average molecular weight is 1240 g/mol. The number of carbonyl (C=O) groups excluding carboxylic acids is 5. The van der Waals surface area contributed by atoms with Gasteiger partial charge >= 0.3 is 17.9 Å². The first-order valence-electron chi connectivity index (χ1n) is 28.2. The van der Waals surface area contributed by atoms with E-state index in [-0.39, 0.29) is 49.0 Å². The van der Waals surface area contributed by atoms with Crippen molar-refractivity contribution in [2.45, 2.75) is 244 Å². The lowest BCUT2D eigenvalue weighted by Crippen LogP contribution is -2.82. The zero-order valence-corrected chi connectivity index (χ0v) is 54.9. The SMILES string of the molecule is CC[Si](CC)(CC)O[C@H]1C(=O)[C@]2(C)[C@@H](O[Si](CC)(CC)CC)C[C@H]3OC[C@@]3(OC(C)=O)[C@H]2[C@H](OC(=O)CCCBr)[C@]2(O)C[C@H](OC(=O)[C@H](O[Si](C)(C)C(C)(C)C)[C@@H](NC(=O)CCCBr)c3ccccc3)C(C)=C1C2(C)C. The minimum Gasteiger partial charge on any atom is -0.459 e. The minimum atomic E-state index is -2.86. The Kier molecular flexibility index (Phi) is 21.6. The summed E-state index contributed by atoms with van der Waals surface area (Å²) in [5.41, 5.74) is -5.15. The Morgan fingerprint density at radius 2 is 1.41 bits per heavy atom. The number of carbonyl (C=O) groups is 5. The number of hydrogen-bond donors (Lipinski definition) is 2. The van der Waals surface area contributed by atoms with Crippen LogP contribution in [-0.4, -0.2) is 125 Å². The normalized spacial score (nSPS) is 29.4. The molecule has 2 N–H and O–H groups in total. The summed E-state index contributed by atoms with van der Waals surface area (Å²) in [6.45, 7) is 31.6. The van der Waals surface area contributed by atoms with Gasteiger partial charge in [-0.2, -0.15) is 0 Å². The van der Waals surface area contributed by atoms with Gasteiger partial charge in [-0.1, -0.05) is 138 Å². The molecule has 1 amide bonds. The Labute approximate surface area is 475 Å². The monoisotopic (exact) mass is 1240 g/mol. The molecule has 1 heterocycles. The molecule has 1 aromatic carbocycles. The maximum Gasteiger partial charge on any atom is 0.337 e. The van der Waals surface area contributed by atoms with E-state index in [0.717, 1.165) is 18.1 Å². The Bertz CT molecular complexity index is 2240. The van der Waals surface area contributed by atoms with Crippen molar-refractivity contribution in [2.24, 2.45) is 16.7 Å². The van der Waals surface area contributed by atoms with Crippen molar-refractivity contribution in [1.29, 1.82) is 0 Å². The summed E-state index contributed by atoms with van der Waals surface area (Å²) in [5.74, 6) is -3.85. The van der Waals surface area contributed by atoms with Crippen LogP contribution in [0.25, 0.3) is 0 Å². The van der Waals surface area contributed by atoms with E-state index in [4.69, 9.17) is 32.2 Å². The predicted molar refractivity (Wildman–Crippen MR) is 311 cm³/mol. The standard InChI is InChI=1S/C57H93Br2NO13Si3/c1-17-75(18-2,19-3)71-41-34-42-56(36-67-42,70-38(8)61)49-51(69-44(63)31-27-33-59)57(66)35-40(37(7)45(54(57,12)13)47(50(64)55(41,49)14)73-76(20-4,21-5)22-6)68-52(65)48(72-74(15,16)53(9,10)11)46(39-28-24-23-25-29-39)60-43(62)30-26-32-58/h23-25,28-29,40-42,46-49,51,66H,17-22,26-27,30-36H2,1-16H3,(H,60,62)/t40-,41-,42+,46-,47+,48+,49-,51-,55+,56-,57+/m0/s1. The van der Waals surface area contributed by atoms with Crippen LogP contribution < -0.4 is 5.32 Å². The molecule has 14 nitrogen and oxygen atoms in total. The molecule has 430 valence electrons. The molecule has 3 fully saturated rings. The fraction of sp³-hybridized carbons (Fsp3) is 0.772. The van der Waals surface area contributed by atoms with E-state index >= 15 is 9.59 Å². The molecule has 0 spiro atoms. The summed E-state index contributed by atoms with van der Waals surface area (Å²) in [6, 6.07) is 12.6. The summed E-state index contributed by atoms with van der Waals surface area (Å²) in [5, 5.41) is 18.5. The lowest BCUT2D eigenvalue weighted by Gasteiger charge is -2.68. The highest BCUT2D eigenvalue weighted by molar-refractivity contribution is 9.09. The van der Waals surface area contributed by atoms with E-state index in [1.165, 1.54) is 6.92 Å². The number of rotatable bonds is 25. The van der Waals surface area contributed by atoms with Crippen LogP contribution in [0.1, 0.15) is 147 Å². The van der Waals surface area contributed by atoms with Gasteiger partial charge in [0.1, 0.15) is 30.0 Å². The van der Waals surface area contributed by atoms with Gasteiger partial charge in [-0.15, -0.1) is 0 Å². The number of hydrogen-bond acceptors (Lipinski definition) is 13. The maximum atomic E-state index is 17.1. The number of benzene rings is 1. The van der Waals surface area contributed by atoms with Gasteiger partial charge in [0.05, 0.1) is 30.1 Å². The molecule has 0 radical (unpaired) electrons. The highest BCUT2D eigenvalue weighted by Crippen LogP contribution is 2.65. The number of aliphatic hydroxyl groups is 1. The largest absolute Gasteiger partial charge is 0.459 e. The van der Waals surface area contributed by atoms with Crippen LogP contribution in [0.15, 0.2) is 41.5 Å². The molecule has 2 saturated carbocycles. The average Bonchev–Trinajstić information content (AvgIpc) is 3.37. The first kappa shape index (κ1) is 64.7. The van der Waals surface area contributed by atoms with Crippen LogP contribution in [0.2, 0.25) is 54.4 Å². The third-order valence-corrected chi connectivity index (χ3v) is 33.9. The molecule has 0 unspecified atom stereocenters. The molecule has 11 atom stereocenters. The molecule has 3 aliphatic carbocycles. The second-order valence-corrected chi connectivity index (χ2v) is 40.1. The van der Waals surface area contributed by atoms with Crippen LogP contribution in [0.5, 0.6) is 0 Å². The fourth-order valence-electron chi connectivity index (χ4n) is 12.6. The topological polar surface area (TPSA) is 182 Å². The summed E-state index contributed by atoms with van der Waals surface area (Å²) >= 11 is 6.93. The molecule has 4 aliphatic rings. The Balaban J connectivity index is 1.91. The third-order valence-electron chi connectivity index (χ3n) is 19.1. The van der Waals surface area contributed by atoms with Crippen LogP contribution in [0.4, 0.5) is 0 Å². The number of halogens is 2. The Morgan fingerprint density at radius 1 is 0.855 bits per heavy atom. The number of alkyl halides is 2. The van der Waals surface area contributed by atoms with Crippen molar-refractivity contribution >= 4 is 86.4 Å². The van der Waals surface area contributed by atoms with Crippen LogP contribution in [-0.2, 0) is 56.2 Å². The van der Waals surface area contributed by atoms with Gasteiger partial charge in [-0.05, 0) is 97.8 Å². The second-order valence-electron chi connectivity index (χ2n) is 24.3. The summed E-state index contributed by atoms with van der Waals surface area (Å²) in [4.78, 5) is 75.0. The molecule has 1 saturated heterocycles. The predicted octanol–water partition coefficient (Wildman–Crippen LogP) is 12.0. The van der Waals surface area contributed by atoms with Gasteiger partial charge in [-0.25, -0.2) is 4.79 Å². The molecule has 1 aliphatic heterocycles. The molecule has 1 aromatic rings. The van der Waals surface area contributed by atoms with Crippen molar-refractivity contribution in [2.75, 3.05) is 17.3 Å².